The van der Waals surface area contributed by atoms with E-state index in [4.69, 9.17) is 5.73 Å². The van der Waals surface area contributed by atoms with Crippen LogP contribution in [0.4, 0.5) is 5.82 Å². The summed E-state index contributed by atoms with van der Waals surface area (Å²) >= 11 is 0. The van der Waals surface area contributed by atoms with E-state index in [2.05, 4.69) is 10.4 Å². The highest BCUT2D eigenvalue weighted by molar-refractivity contribution is 5.97. The van der Waals surface area contributed by atoms with Gasteiger partial charge < -0.3 is 11.1 Å². The molecule has 0 aliphatic heterocycles. The summed E-state index contributed by atoms with van der Waals surface area (Å²) in [7, 11) is 1.79. The molecule has 1 saturated carbocycles. The van der Waals surface area contributed by atoms with Crippen LogP contribution < -0.4 is 11.1 Å². The number of hydrogen-bond acceptors (Lipinski definition) is 3. The minimum atomic E-state index is -0.676. The van der Waals surface area contributed by atoms with Crippen molar-refractivity contribution in [2.24, 2.45) is 12.8 Å². The smallest absolute Gasteiger partial charge is 0.245 e. The Morgan fingerprint density at radius 1 is 1.56 bits per heavy atom. The van der Waals surface area contributed by atoms with Crippen LogP contribution in [0.5, 0.6) is 0 Å². The Morgan fingerprint density at radius 3 is 2.69 bits per heavy atom. The van der Waals surface area contributed by atoms with Crippen LogP contribution in [0.15, 0.2) is 12.3 Å². The summed E-state index contributed by atoms with van der Waals surface area (Å²) in [6.07, 6.45) is 5.27. The standard InChI is InChI=1S/C10H16N4O.ClH/c1-14-8(4-7-12-14)13-9(15)10(11)5-2-3-6-10;/h4,7H,2-3,5-6,11H2,1H3,(H,13,15);1H. The minimum absolute atomic E-state index is 0. The second-order valence-corrected chi connectivity index (χ2v) is 4.16. The van der Waals surface area contributed by atoms with Gasteiger partial charge in [0, 0.05) is 13.1 Å². The number of amides is 1. The predicted octanol–water partition coefficient (Wildman–Crippen LogP) is 1.05. The van der Waals surface area contributed by atoms with E-state index < -0.39 is 5.54 Å². The van der Waals surface area contributed by atoms with E-state index >= 15 is 0 Å². The number of nitrogens with two attached hydrogens (primary N) is 1. The molecule has 0 saturated heterocycles. The maximum absolute atomic E-state index is 11.9. The molecule has 1 aliphatic carbocycles. The largest absolute Gasteiger partial charge is 0.317 e. The van der Waals surface area contributed by atoms with Gasteiger partial charge in [-0.05, 0) is 12.8 Å². The molecule has 0 unspecified atom stereocenters. The summed E-state index contributed by atoms with van der Waals surface area (Å²) < 4.78 is 1.62. The molecule has 1 amide bonds. The van der Waals surface area contributed by atoms with Crippen molar-refractivity contribution >= 4 is 24.1 Å². The third-order valence-electron chi connectivity index (χ3n) is 3.01. The molecular weight excluding hydrogens is 228 g/mol. The van der Waals surface area contributed by atoms with Crippen molar-refractivity contribution in [3.8, 4) is 0 Å². The van der Waals surface area contributed by atoms with Gasteiger partial charge in [0.1, 0.15) is 5.82 Å². The molecule has 5 nitrogen and oxygen atoms in total. The number of hydrogen-bond donors (Lipinski definition) is 2. The van der Waals surface area contributed by atoms with Crippen molar-refractivity contribution in [1.82, 2.24) is 9.78 Å². The number of nitrogens with zero attached hydrogens (tertiary/aromatic N) is 2. The van der Waals surface area contributed by atoms with Gasteiger partial charge in [-0.1, -0.05) is 12.8 Å². The van der Waals surface area contributed by atoms with Crippen LogP contribution >= 0.6 is 12.4 Å². The average Bonchev–Trinajstić information content (AvgIpc) is 2.78. The molecule has 1 aromatic heterocycles. The Morgan fingerprint density at radius 2 is 2.19 bits per heavy atom. The lowest BCUT2D eigenvalue weighted by Crippen LogP contribution is -2.48. The Hall–Kier alpha value is -1.07. The molecule has 0 aromatic carbocycles. The normalized spacial score (nSPS) is 17.9. The van der Waals surface area contributed by atoms with Crippen LogP contribution in [0.3, 0.4) is 0 Å². The van der Waals surface area contributed by atoms with E-state index in [1.54, 1.807) is 24.0 Å². The van der Waals surface area contributed by atoms with Gasteiger partial charge in [-0.25, -0.2) is 0 Å². The highest BCUT2D eigenvalue weighted by atomic mass is 35.5. The number of carbonyl (C=O) groups is 1. The van der Waals surface area contributed by atoms with Crippen molar-refractivity contribution in [2.75, 3.05) is 5.32 Å². The topological polar surface area (TPSA) is 72.9 Å². The van der Waals surface area contributed by atoms with Crippen LogP contribution in [0.2, 0.25) is 0 Å². The minimum Gasteiger partial charge on any atom is -0.317 e. The molecule has 90 valence electrons. The van der Waals surface area contributed by atoms with Crippen LogP contribution in [-0.4, -0.2) is 21.2 Å². The molecule has 1 aromatic rings. The van der Waals surface area contributed by atoms with Crippen molar-refractivity contribution < 1.29 is 4.79 Å². The molecule has 6 heteroatoms. The lowest BCUT2D eigenvalue weighted by molar-refractivity contribution is -0.121. The van der Waals surface area contributed by atoms with Crippen LogP contribution in [0.25, 0.3) is 0 Å². The zero-order valence-corrected chi connectivity index (χ0v) is 10.1. The SMILES string of the molecule is Cl.Cn1nccc1NC(=O)C1(N)CCCC1. The van der Waals surface area contributed by atoms with Crippen molar-refractivity contribution in [3.05, 3.63) is 12.3 Å². The molecule has 0 bridgehead atoms. The first kappa shape index (κ1) is 13.0. The first-order valence-electron chi connectivity index (χ1n) is 5.20. The predicted molar refractivity (Wildman–Crippen MR) is 64.5 cm³/mol. The fourth-order valence-electron chi connectivity index (χ4n) is 1.97. The molecule has 1 aliphatic rings. The van der Waals surface area contributed by atoms with Crippen molar-refractivity contribution in [1.29, 1.82) is 0 Å². The summed E-state index contributed by atoms with van der Waals surface area (Å²) in [5, 5.41) is 6.79. The van der Waals surface area contributed by atoms with Gasteiger partial charge in [-0.15, -0.1) is 12.4 Å². The first-order chi connectivity index (χ1) is 7.12. The van der Waals surface area contributed by atoms with Gasteiger partial charge in [-0.2, -0.15) is 5.10 Å². The molecule has 2 rings (SSSR count). The fraction of sp³-hybridized carbons (Fsp3) is 0.600. The second kappa shape index (κ2) is 4.84. The summed E-state index contributed by atoms with van der Waals surface area (Å²) in [5.74, 6) is 0.598. The molecule has 3 N–H and O–H groups in total. The van der Waals surface area contributed by atoms with E-state index in [1.807, 2.05) is 0 Å². The third-order valence-corrected chi connectivity index (χ3v) is 3.01. The van der Waals surface area contributed by atoms with Gasteiger partial charge in [0.25, 0.3) is 0 Å². The highest BCUT2D eigenvalue weighted by Gasteiger charge is 2.37. The van der Waals surface area contributed by atoms with E-state index in [-0.39, 0.29) is 18.3 Å². The first-order valence-corrected chi connectivity index (χ1v) is 5.20. The third kappa shape index (κ3) is 2.36. The van der Waals surface area contributed by atoms with Crippen molar-refractivity contribution in [2.45, 2.75) is 31.2 Å². The summed E-state index contributed by atoms with van der Waals surface area (Å²) in [6.45, 7) is 0. The zero-order valence-electron chi connectivity index (χ0n) is 9.27. The Kier molecular flexibility index (Phi) is 3.93. The molecule has 16 heavy (non-hydrogen) atoms. The summed E-state index contributed by atoms with van der Waals surface area (Å²) in [6, 6.07) is 1.76. The van der Waals surface area contributed by atoms with Gasteiger partial charge in [0.2, 0.25) is 5.91 Å². The maximum Gasteiger partial charge on any atom is 0.245 e. The van der Waals surface area contributed by atoms with Crippen LogP contribution in [0.1, 0.15) is 25.7 Å². The second-order valence-electron chi connectivity index (χ2n) is 4.16. The van der Waals surface area contributed by atoms with Gasteiger partial charge in [-0.3, -0.25) is 9.48 Å². The van der Waals surface area contributed by atoms with Crippen molar-refractivity contribution in [3.63, 3.8) is 0 Å². The maximum atomic E-state index is 11.9. The molecular formula is C10H17ClN4O. The van der Waals surface area contributed by atoms with E-state index in [0.29, 0.717) is 5.82 Å². The number of halogens is 1. The number of rotatable bonds is 2. The number of nitrogens with one attached hydrogen (secondary N) is 1. The monoisotopic (exact) mass is 244 g/mol. The lowest BCUT2D eigenvalue weighted by atomic mass is 9.98. The van der Waals surface area contributed by atoms with Gasteiger partial charge in [0.15, 0.2) is 0 Å². The van der Waals surface area contributed by atoms with Gasteiger partial charge in [0.05, 0.1) is 11.7 Å². The van der Waals surface area contributed by atoms with Crippen LogP contribution in [-0.2, 0) is 11.8 Å². The van der Waals surface area contributed by atoms with Crippen LogP contribution in [0, 0.1) is 0 Å². The summed E-state index contributed by atoms with van der Waals surface area (Å²) in [5.41, 5.74) is 5.35. The fourth-order valence-corrected chi connectivity index (χ4v) is 1.97. The number of aromatic nitrogens is 2. The Balaban J connectivity index is 0.00000128. The molecule has 0 atom stereocenters. The summed E-state index contributed by atoms with van der Waals surface area (Å²) in [4.78, 5) is 11.9. The van der Waals surface area contributed by atoms with E-state index in [0.717, 1.165) is 25.7 Å². The molecule has 0 radical (unpaired) electrons. The Labute approximate surface area is 101 Å². The van der Waals surface area contributed by atoms with E-state index in [1.165, 1.54) is 0 Å². The number of carbonyl (C=O) groups excluding carboxylic acids is 1. The lowest BCUT2D eigenvalue weighted by Gasteiger charge is -2.21. The quantitative estimate of drug-likeness (QED) is 0.817. The Bertz CT molecular complexity index is 371. The molecule has 0 spiro atoms. The number of aryl methyl sites for hydroxylation is 1. The highest BCUT2D eigenvalue weighted by Crippen LogP contribution is 2.28. The zero-order chi connectivity index (χ0) is 10.9. The van der Waals surface area contributed by atoms with Gasteiger partial charge >= 0.3 is 0 Å². The van der Waals surface area contributed by atoms with E-state index in [9.17, 15) is 4.79 Å². The molecule has 1 heterocycles. The molecule has 1 fully saturated rings. The number of anilines is 1. The average molecular weight is 245 g/mol.